The van der Waals surface area contributed by atoms with Crippen LogP contribution in [0.4, 0.5) is 5.69 Å². The molecule has 0 N–H and O–H groups in total. The maximum absolute atomic E-state index is 5.12. The number of nitrogens with zero attached hydrogens (tertiary/aromatic N) is 1. The molecular weight excluding hydrogens is 266 g/mol. The van der Waals surface area contributed by atoms with Crippen molar-refractivity contribution in [1.82, 2.24) is 0 Å². The summed E-state index contributed by atoms with van der Waals surface area (Å²) in [6, 6.07) is 7.95. The van der Waals surface area contributed by atoms with Gasteiger partial charge in [0.1, 0.15) is 5.75 Å². The molecule has 0 spiro atoms. The quantitative estimate of drug-likeness (QED) is 0.739. The molecule has 2 nitrogen and oxygen atoms in total. The van der Waals surface area contributed by atoms with E-state index in [2.05, 4.69) is 34.0 Å². The van der Waals surface area contributed by atoms with Crippen LogP contribution in [0.3, 0.4) is 0 Å². The zero-order valence-electron chi connectivity index (χ0n) is 9.45. The second-order valence-electron chi connectivity index (χ2n) is 3.38. The number of anilines is 1. The van der Waals surface area contributed by atoms with E-state index in [1.54, 1.807) is 7.11 Å². The summed E-state index contributed by atoms with van der Waals surface area (Å²) in [7, 11) is 1.66. The molecule has 0 unspecified atom stereocenters. The molecular formula is C13H16BrNO. The average Bonchev–Trinajstić information content (AvgIpc) is 2.28. The zero-order chi connectivity index (χ0) is 12.0. The molecule has 1 rings (SSSR count). The molecule has 0 atom stereocenters. The van der Waals surface area contributed by atoms with Gasteiger partial charge in [-0.1, -0.05) is 28.6 Å². The van der Waals surface area contributed by atoms with Crippen molar-refractivity contribution in [3.8, 4) is 5.75 Å². The zero-order valence-corrected chi connectivity index (χ0v) is 11.0. The summed E-state index contributed by atoms with van der Waals surface area (Å²) in [5.74, 6) is 0.861. The van der Waals surface area contributed by atoms with Gasteiger partial charge in [0.05, 0.1) is 7.11 Å². The molecule has 0 saturated carbocycles. The van der Waals surface area contributed by atoms with Crippen LogP contribution in [0.25, 0.3) is 0 Å². The lowest BCUT2D eigenvalue weighted by molar-refractivity contribution is 0.415. The molecule has 0 aliphatic carbocycles. The fraction of sp³-hybridized carbons (Fsp3) is 0.231. The standard InChI is InChI=1S/C13H16BrNO/c1-4-9-15(10-11(2)14)12-5-7-13(16-3)8-6-12/h4-8H,1-2,9-10H2,3H3. The third-order valence-corrected chi connectivity index (χ3v) is 2.40. The summed E-state index contributed by atoms with van der Waals surface area (Å²) >= 11 is 3.38. The summed E-state index contributed by atoms with van der Waals surface area (Å²) in [5, 5.41) is 0. The lowest BCUT2D eigenvalue weighted by Gasteiger charge is -2.23. The van der Waals surface area contributed by atoms with Gasteiger partial charge in [-0.3, -0.25) is 0 Å². The highest BCUT2D eigenvalue weighted by Gasteiger charge is 2.05. The Hall–Kier alpha value is -1.22. The Kier molecular flexibility index (Phi) is 5.12. The van der Waals surface area contributed by atoms with Crippen molar-refractivity contribution >= 4 is 21.6 Å². The maximum Gasteiger partial charge on any atom is 0.119 e. The Morgan fingerprint density at radius 2 is 2.06 bits per heavy atom. The Labute approximate surface area is 105 Å². The van der Waals surface area contributed by atoms with Crippen molar-refractivity contribution in [2.24, 2.45) is 0 Å². The van der Waals surface area contributed by atoms with Crippen LogP contribution in [0.15, 0.2) is 48.0 Å². The van der Waals surface area contributed by atoms with Crippen LogP contribution in [-0.2, 0) is 0 Å². The van der Waals surface area contributed by atoms with Gasteiger partial charge in [-0.05, 0) is 24.3 Å². The predicted octanol–water partition coefficient (Wildman–Crippen LogP) is 3.60. The molecule has 1 aromatic rings. The molecule has 0 radical (unpaired) electrons. The average molecular weight is 282 g/mol. The third kappa shape index (κ3) is 3.74. The van der Waals surface area contributed by atoms with E-state index in [0.717, 1.165) is 29.0 Å². The molecule has 0 saturated heterocycles. The van der Waals surface area contributed by atoms with Crippen molar-refractivity contribution in [3.05, 3.63) is 48.0 Å². The molecule has 0 heterocycles. The summed E-state index contributed by atoms with van der Waals surface area (Å²) in [5.41, 5.74) is 1.13. The molecule has 86 valence electrons. The van der Waals surface area contributed by atoms with Crippen LogP contribution in [0, 0.1) is 0 Å². The van der Waals surface area contributed by atoms with Gasteiger partial charge in [0.25, 0.3) is 0 Å². The first-order valence-corrected chi connectivity index (χ1v) is 5.80. The molecule has 0 aliphatic rings. The predicted molar refractivity (Wildman–Crippen MR) is 73.5 cm³/mol. The molecule has 1 aromatic carbocycles. The second kappa shape index (κ2) is 6.38. The fourth-order valence-corrected chi connectivity index (χ4v) is 1.72. The van der Waals surface area contributed by atoms with Gasteiger partial charge in [-0.25, -0.2) is 0 Å². The van der Waals surface area contributed by atoms with Gasteiger partial charge in [0.2, 0.25) is 0 Å². The summed E-state index contributed by atoms with van der Waals surface area (Å²) in [6.45, 7) is 9.16. The number of benzene rings is 1. The lowest BCUT2D eigenvalue weighted by atomic mass is 10.2. The molecule has 0 fully saturated rings. The Morgan fingerprint density at radius 3 is 2.50 bits per heavy atom. The number of ether oxygens (including phenoxy) is 1. The van der Waals surface area contributed by atoms with Crippen molar-refractivity contribution in [1.29, 1.82) is 0 Å². The molecule has 0 aliphatic heterocycles. The van der Waals surface area contributed by atoms with Gasteiger partial charge in [0.15, 0.2) is 0 Å². The summed E-state index contributed by atoms with van der Waals surface area (Å²) in [4.78, 5) is 2.17. The number of halogens is 1. The molecule has 16 heavy (non-hydrogen) atoms. The van der Waals surface area contributed by atoms with Crippen molar-refractivity contribution < 1.29 is 4.74 Å². The third-order valence-electron chi connectivity index (χ3n) is 2.15. The largest absolute Gasteiger partial charge is 0.497 e. The first-order chi connectivity index (χ1) is 7.67. The lowest BCUT2D eigenvalue weighted by Crippen LogP contribution is -2.24. The smallest absolute Gasteiger partial charge is 0.119 e. The second-order valence-corrected chi connectivity index (χ2v) is 4.51. The van der Waals surface area contributed by atoms with Gasteiger partial charge < -0.3 is 9.64 Å². The van der Waals surface area contributed by atoms with Gasteiger partial charge in [0, 0.05) is 23.3 Å². The van der Waals surface area contributed by atoms with E-state index in [0.29, 0.717) is 0 Å². The molecule has 0 amide bonds. The van der Waals surface area contributed by atoms with E-state index in [1.165, 1.54) is 0 Å². The SMILES string of the molecule is C=CCN(CC(=C)Br)c1ccc(OC)cc1. The van der Waals surface area contributed by atoms with E-state index in [-0.39, 0.29) is 0 Å². The van der Waals surface area contributed by atoms with E-state index in [1.807, 2.05) is 30.3 Å². The monoisotopic (exact) mass is 281 g/mol. The van der Waals surface area contributed by atoms with E-state index >= 15 is 0 Å². The first kappa shape index (κ1) is 12.8. The topological polar surface area (TPSA) is 12.5 Å². The van der Waals surface area contributed by atoms with Crippen LogP contribution in [0.2, 0.25) is 0 Å². The normalized spacial score (nSPS) is 9.62. The van der Waals surface area contributed by atoms with Crippen molar-refractivity contribution in [2.75, 3.05) is 25.1 Å². The molecule has 0 aromatic heterocycles. The highest BCUT2D eigenvalue weighted by molar-refractivity contribution is 9.11. The van der Waals surface area contributed by atoms with Crippen LogP contribution >= 0.6 is 15.9 Å². The van der Waals surface area contributed by atoms with Crippen molar-refractivity contribution in [2.45, 2.75) is 0 Å². The molecule has 0 bridgehead atoms. The Bertz CT molecular complexity index is 359. The fourth-order valence-electron chi connectivity index (χ4n) is 1.42. The van der Waals surface area contributed by atoms with Gasteiger partial charge in [-0.15, -0.1) is 6.58 Å². The maximum atomic E-state index is 5.12. The van der Waals surface area contributed by atoms with Crippen LogP contribution in [-0.4, -0.2) is 20.2 Å². The number of hydrogen-bond acceptors (Lipinski definition) is 2. The Morgan fingerprint density at radius 1 is 1.44 bits per heavy atom. The van der Waals surface area contributed by atoms with Crippen LogP contribution in [0.1, 0.15) is 0 Å². The van der Waals surface area contributed by atoms with Crippen LogP contribution < -0.4 is 9.64 Å². The first-order valence-electron chi connectivity index (χ1n) is 5.00. The minimum absolute atomic E-state index is 0.762. The van der Waals surface area contributed by atoms with E-state index in [4.69, 9.17) is 4.74 Å². The van der Waals surface area contributed by atoms with E-state index in [9.17, 15) is 0 Å². The minimum atomic E-state index is 0.762. The molecule has 3 heteroatoms. The summed E-state index contributed by atoms with van der Waals surface area (Å²) in [6.07, 6.45) is 1.88. The van der Waals surface area contributed by atoms with Crippen LogP contribution in [0.5, 0.6) is 5.75 Å². The Balaban J connectivity index is 2.82. The van der Waals surface area contributed by atoms with E-state index < -0.39 is 0 Å². The van der Waals surface area contributed by atoms with Gasteiger partial charge >= 0.3 is 0 Å². The van der Waals surface area contributed by atoms with Crippen molar-refractivity contribution in [3.63, 3.8) is 0 Å². The highest BCUT2D eigenvalue weighted by atomic mass is 79.9. The number of rotatable bonds is 6. The number of methoxy groups -OCH3 is 1. The summed E-state index contributed by atoms with van der Waals surface area (Å²) < 4.78 is 6.07. The highest BCUT2D eigenvalue weighted by Crippen LogP contribution is 2.20. The number of hydrogen-bond donors (Lipinski definition) is 0. The van der Waals surface area contributed by atoms with Gasteiger partial charge in [-0.2, -0.15) is 0 Å². The minimum Gasteiger partial charge on any atom is -0.497 e.